The monoisotopic (exact) mass is 293 g/mol. The van der Waals surface area contributed by atoms with Crippen molar-refractivity contribution in [3.05, 3.63) is 33.1 Å². The predicted molar refractivity (Wildman–Crippen MR) is 84.6 cm³/mol. The van der Waals surface area contributed by atoms with Crippen LogP contribution in [-0.2, 0) is 13.6 Å². The van der Waals surface area contributed by atoms with Crippen molar-refractivity contribution >= 4 is 0 Å². The molecule has 2 rings (SSSR count). The van der Waals surface area contributed by atoms with Gasteiger partial charge in [-0.15, -0.1) is 0 Å². The maximum absolute atomic E-state index is 12.1. The third kappa shape index (κ3) is 4.06. The lowest BCUT2D eigenvalue weighted by molar-refractivity contribution is 0.246. The molecule has 0 aliphatic heterocycles. The van der Waals surface area contributed by atoms with Gasteiger partial charge in [-0.2, -0.15) is 0 Å². The van der Waals surface area contributed by atoms with Crippen LogP contribution in [0.3, 0.4) is 0 Å². The van der Waals surface area contributed by atoms with Crippen molar-refractivity contribution in [2.45, 2.75) is 58.0 Å². The van der Waals surface area contributed by atoms with Gasteiger partial charge in [0, 0.05) is 32.0 Å². The number of aryl methyl sites for hydroxylation is 1. The van der Waals surface area contributed by atoms with E-state index in [1.807, 2.05) is 0 Å². The molecule has 1 aliphatic carbocycles. The third-order valence-electron chi connectivity index (χ3n) is 4.50. The van der Waals surface area contributed by atoms with Gasteiger partial charge in [0.1, 0.15) is 0 Å². The van der Waals surface area contributed by atoms with E-state index in [0.717, 1.165) is 13.0 Å². The van der Waals surface area contributed by atoms with Crippen LogP contribution in [-0.4, -0.2) is 21.7 Å². The minimum Gasteiger partial charge on any atom is -0.312 e. The van der Waals surface area contributed by atoms with Crippen LogP contribution in [0.2, 0.25) is 0 Å². The smallest absolute Gasteiger partial charge is 0.312 e. The first-order valence-electron chi connectivity index (χ1n) is 8.13. The molecular formula is C16H27N3O2. The predicted octanol–water partition coefficient (Wildman–Crippen LogP) is 1.50. The SMILES string of the molecule is CCCNC(Cn1ccn(C)c(=O)c1=O)C1CCCCC1. The van der Waals surface area contributed by atoms with Crippen molar-refractivity contribution in [2.24, 2.45) is 13.0 Å². The van der Waals surface area contributed by atoms with Gasteiger partial charge >= 0.3 is 11.1 Å². The summed E-state index contributed by atoms with van der Waals surface area (Å²) in [5.41, 5.74) is -0.866. The average molecular weight is 293 g/mol. The van der Waals surface area contributed by atoms with Crippen LogP contribution in [0.1, 0.15) is 45.4 Å². The van der Waals surface area contributed by atoms with E-state index < -0.39 is 11.1 Å². The number of hydrogen-bond acceptors (Lipinski definition) is 3. The first-order valence-corrected chi connectivity index (χ1v) is 8.13. The van der Waals surface area contributed by atoms with Crippen LogP contribution in [0.5, 0.6) is 0 Å². The molecule has 5 heteroatoms. The molecule has 0 amide bonds. The van der Waals surface area contributed by atoms with Crippen LogP contribution in [0.4, 0.5) is 0 Å². The number of nitrogens with zero attached hydrogens (tertiary/aromatic N) is 2. The Balaban J connectivity index is 2.16. The fraction of sp³-hybridized carbons (Fsp3) is 0.750. The average Bonchev–Trinajstić information content (AvgIpc) is 2.52. The van der Waals surface area contributed by atoms with Gasteiger partial charge in [-0.05, 0) is 31.7 Å². The molecule has 0 aromatic carbocycles. The molecule has 1 aromatic rings. The standard InChI is InChI=1S/C16H27N3O2/c1-3-9-17-14(13-7-5-4-6-8-13)12-19-11-10-18(2)15(20)16(19)21/h10-11,13-14,17H,3-9,12H2,1-2H3. The molecule has 0 saturated heterocycles. The highest BCUT2D eigenvalue weighted by Gasteiger charge is 2.24. The molecular weight excluding hydrogens is 266 g/mol. The fourth-order valence-corrected chi connectivity index (χ4v) is 3.19. The van der Waals surface area contributed by atoms with Crippen LogP contribution in [0, 0.1) is 5.92 Å². The summed E-state index contributed by atoms with van der Waals surface area (Å²) in [6.07, 6.45) is 10.8. The molecule has 118 valence electrons. The van der Waals surface area contributed by atoms with Crippen LogP contribution in [0.15, 0.2) is 22.0 Å². The van der Waals surface area contributed by atoms with Gasteiger partial charge in [0.05, 0.1) is 0 Å². The first kappa shape index (κ1) is 16.0. The third-order valence-corrected chi connectivity index (χ3v) is 4.50. The van der Waals surface area contributed by atoms with E-state index in [1.54, 1.807) is 24.0 Å². The summed E-state index contributed by atoms with van der Waals surface area (Å²) in [5.74, 6) is 0.612. The van der Waals surface area contributed by atoms with Crippen molar-refractivity contribution in [3.63, 3.8) is 0 Å². The van der Waals surface area contributed by atoms with Gasteiger partial charge in [-0.25, -0.2) is 0 Å². The Bertz CT molecular complexity index is 555. The lowest BCUT2D eigenvalue weighted by Crippen LogP contribution is -2.46. The molecule has 1 aromatic heterocycles. The molecule has 0 bridgehead atoms. The molecule has 1 fully saturated rings. The molecule has 21 heavy (non-hydrogen) atoms. The van der Waals surface area contributed by atoms with Crippen molar-refractivity contribution in [3.8, 4) is 0 Å². The van der Waals surface area contributed by atoms with Crippen LogP contribution in [0.25, 0.3) is 0 Å². The Morgan fingerprint density at radius 1 is 1.19 bits per heavy atom. The summed E-state index contributed by atoms with van der Waals surface area (Å²) in [5, 5.41) is 3.58. The summed E-state index contributed by atoms with van der Waals surface area (Å²) in [7, 11) is 1.61. The summed E-state index contributed by atoms with van der Waals surface area (Å²) in [4.78, 5) is 23.9. The Morgan fingerprint density at radius 3 is 2.57 bits per heavy atom. The first-order chi connectivity index (χ1) is 10.1. The van der Waals surface area contributed by atoms with Crippen molar-refractivity contribution in [1.82, 2.24) is 14.5 Å². The molecule has 1 saturated carbocycles. The highest BCUT2D eigenvalue weighted by atomic mass is 16.2. The van der Waals surface area contributed by atoms with Crippen molar-refractivity contribution in [1.29, 1.82) is 0 Å². The van der Waals surface area contributed by atoms with Crippen molar-refractivity contribution < 1.29 is 0 Å². The van der Waals surface area contributed by atoms with E-state index in [0.29, 0.717) is 12.5 Å². The Morgan fingerprint density at radius 2 is 1.90 bits per heavy atom. The van der Waals surface area contributed by atoms with Gasteiger partial charge in [0.25, 0.3) is 0 Å². The Hall–Kier alpha value is -1.36. The maximum Gasteiger partial charge on any atom is 0.316 e. The van der Waals surface area contributed by atoms with E-state index in [4.69, 9.17) is 0 Å². The van der Waals surface area contributed by atoms with E-state index >= 15 is 0 Å². The summed E-state index contributed by atoms with van der Waals surface area (Å²) in [6.45, 7) is 3.70. The minimum absolute atomic E-state index is 0.287. The molecule has 1 N–H and O–H groups in total. The van der Waals surface area contributed by atoms with E-state index in [1.165, 1.54) is 36.7 Å². The number of rotatable bonds is 6. The second-order valence-corrected chi connectivity index (χ2v) is 6.13. The fourth-order valence-electron chi connectivity index (χ4n) is 3.19. The maximum atomic E-state index is 12.1. The molecule has 0 spiro atoms. The number of aromatic nitrogens is 2. The lowest BCUT2D eigenvalue weighted by Gasteiger charge is -2.31. The highest BCUT2D eigenvalue weighted by molar-refractivity contribution is 4.88. The van der Waals surface area contributed by atoms with E-state index in [2.05, 4.69) is 12.2 Å². The largest absolute Gasteiger partial charge is 0.316 e. The highest BCUT2D eigenvalue weighted by Crippen LogP contribution is 2.27. The van der Waals surface area contributed by atoms with Crippen LogP contribution < -0.4 is 16.4 Å². The topological polar surface area (TPSA) is 56.0 Å². The minimum atomic E-state index is -0.449. The summed E-state index contributed by atoms with van der Waals surface area (Å²) in [6, 6.07) is 0.287. The zero-order valence-corrected chi connectivity index (χ0v) is 13.2. The van der Waals surface area contributed by atoms with Gasteiger partial charge < -0.3 is 14.5 Å². The van der Waals surface area contributed by atoms with Gasteiger partial charge in [-0.1, -0.05) is 26.2 Å². The normalized spacial score (nSPS) is 17.8. The second kappa shape index (κ2) is 7.59. The van der Waals surface area contributed by atoms with Gasteiger partial charge in [-0.3, -0.25) is 9.59 Å². The van der Waals surface area contributed by atoms with Gasteiger partial charge in [0.15, 0.2) is 0 Å². The second-order valence-electron chi connectivity index (χ2n) is 6.13. The van der Waals surface area contributed by atoms with E-state index in [-0.39, 0.29) is 6.04 Å². The molecule has 1 atom stereocenters. The molecule has 1 unspecified atom stereocenters. The lowest BCUT2D eigenvalue weighted by atomic mass is 9.83. The van der Waals surface area contributed by atoms with E-state index in [9.17, 15) is 9.59 Å². The molecule has 1 heterocycles. The molecule has 5 nitrogen and oxygen atoms in total. The summed E-state index contributed by atoms with van der Waals surface area (Å²) < 4.78 is 2.91. The number of nitrogens with one attached hydrogen (secondary N) is 1. The van der Waals surface area contributed by atoms with Crippen LogP contribution >= 0.6 is 0 Å². The quantitative estimate of drug-likeness (QED) is 0.809. The Labute approximate surface area is 126 Å². The zero-order valence-electron chi connectivity index (χ0n) is 13.2. The van der Waals surface area contributed by atoms with Gasteiger partial charge in [0.2, 0.25) is 0 Å². The van der Waals surface area contributed by atoms with Crippen molar-refractivity contribution in [2.75, 3.05) is 6.54 Å². The zero-order chi connectivity index (χ0) is 15.2. The molecule has 1 aliphatic rings. The Kier molecular flexibility index (Phi) is 5.79. The number of hydrogen-bond donors (Lipinski definition) is 1. The summed E-state index contributed by atoms with van der Waals surface area (Å²) >= 11 is 0. The molecule has 0 radical (unpaired) electrons.